The number of allylic oxidation sites excluding steroid dienone is 2. The van der Waals surface area contributed by atoms with Crippen LogP contribution < -0.4 is 4.74 Å². The third-order valence-electron chi connectivity index (χ3n) is 9.44. The molecule has 2 fully saturated rings. The number of esters is 1. The Labute approximate surface area is 296 Å². The van der Waals surface area contributed by atoms with Gasteiger partial charge in [0.1, 0.15) is 19.0 Å². The number of rotatable bonds is 20. The van der Waals surface area contributed by atoms with Crippen LogP contribution in [0.3, 0.4) is 0 Å². The molecule has 270 valence electrons. The minimum atomic E-state index is -0.680. The number of aliphatic hydroxyl groups excluding tert-OH is 1. The molecule has 0 spiro atoms. The van der Waals surface area contributed by atoms with Gasteiger partial charge in [-0.2, -0.15) is 0 Å². The van der Waals surface area contributed by atoms with E-state index in [4.69, 9.17) is 14.6 Å². The van der Waals surface area contributed by atoms with Crippen molar-refractivity contribution >= 4 is 23.7 Å². The molecule has 10 heteroatoms. The van der Waals surface area contributed by atoms with E-state index in [0.29, 0.717) is 51.2 Å². The highest BCUT2D eigenvalue weighted by Crippen LogP contribution is 2.25. The van der Waals surface area contributed by atoms with Crippen molar-refractivity contribution in [3.8, 4) is 5.75 Å². The van der Waals surface area contributed by atoms with Crippen molar-refractivity contribution in [1.29, 1.82) is 0 Å². The topological polar surface area (TPSA) is 117 Å². The summed E-state index contributed by atoms with van der Waals surface area (Å²) >= 11 is 0. The lowest BCUT2D eigenvalue weighted by Gasteiger charge is -2.35. The van der Waals surface area contributed by atoms with Gasteiger partial charge in [0.05, 0.1) is 24.5 Å². The molecule has 0 aliphatic carbocycles. The van der Waals surface area contributed by atoms with Gasteiger partial charge >= 0.3 is 5.97 Å². The van der Waals surface area contributed by atoms with Crippen LogP contribution in [0.2, 0.25) is 0 Å². The lowest BCUT2D eigenvalue weighted by atomic mass is 9.95. The van der Waals surface area contributed by atoms with Crippen molar-refractivity contribution in [3.63, 3.8) is 0 Å². The van der Waals surface area contributed by atoms with Crippen molar-refractivity contribution in [3.05, 3.63) is 91.0 Å². The highest BCUT2D eigenvalue weighted by molar-refractivity contribution is 5.86. The van der Waals surface area contributed by atoms with Gasteiger partial charge in [-0.15, -0.1) is 13.2 Å². The average Bonchev–Trinajstić information content (AvgIpc) is 3.88. The average molecular weight is 688 g/mol. The summed E-state index contributed by atoms with van der Waals surface area (Å²) in [5.41, 5.74) is 1.78. The predicted octanol–water partition coefficient (Wildman–Crippen LogP) is 4.95. The number of aliphatic hydroxyl groups is 1. The minimum Gasteiger partial charge on any atom is -0.491 e. The van der Waals surface area contributed by atoms with E-state index in [1.807, 2.05) is 47.4 Å². The lowest BCUT2D eigenvalue weighted by Crippen LogP contribution is -2.48. The fraction of sp³-hybridized carbons (Fsp3) is 0.500. The molecular formula is C40H53N3O7. The van der Waals surface area contributed by atoms with E-state index in [0.717, 1.165) is 36.8 Å². The molecule has 1 N–H and O–H groups in total. The first-order valence-electron chi connectivity index (χ1n) is 17.9. The van der Waals surface area contributed by atoms with Crippen LogP contribution in [-0.2, 0) is 36.9 Å². The van der Waals surface area contributed by atoms with Crippen LogP contribution in [0.5, 0.6) is 5.75 Å². The predicted molar refractivity (Wildman–Crippen MR) is 192 cm³/mol. The minimum absolute atomic E-state index is 0.0432. The summed E-state index contributed by atoms with van der Waals surface area (Å²) in [5, 5.41) is 9.16. The molecule has 50 heavy (non-hydrogen) atoms. The summed E-state index contributed by atoms with van der Waals surface area (Å²) < 4.78 is 11.5. The molecular weight excluding hydrogens is 634 g/mol. The zero-order valence-corrected chi connectivity index (χ0v) is 29.3. The lowest BCUT2D eigenvalue weighted by molar-refractivity contribution is -0.155. The molecule has 0 bridgehead atoms. The van der Waals surface area contributed by atoms with Gasteiger partial charge in [-0.25, -0.2) is 0 Å². The Morgan fingerprint density at radius 1 is 0.780 bits per heavy atom. The molecule has 2 aromatic carbocycles. The third kappa shape index (κ3) is 11.6. The van der Waals surface area contributed by atoms with Crippen molar-refractivity contribution in [1.82, 2.24) is 14.7 Å². The monoisotopic (exact) mass is 687 g/mol. The van der Waals surface area contributed by atoms with Gasteiger partial charge in [0, 0.05) is 45.6 Å². The fourth-order valence-corrected chi connectivity index (χ4v) is 6.66. The smallest absolute Gasteiger partial charge is 0.309 e. The van der Waals surface area contributed by atoms with Crippen LogP contribution in [-0.4, -0.2) is 95.5 Å². The molecule has 10 nitrogen and oxygen atoms in total. The summed E-state index contributed by atoms with van der Waals surface area (Å²) in [7, 11) is 0. The summed E-state index contributed by atoms with van der Waals surface area (Å²) in [6, 6.07) is 16.4. The summed E-state index contributed by atoms with van der Waals surface area (Å²) in [4.78, 5) is 59.9. The number of carbonyl (C=O) groups is 4. The molecule has 3 atom stereocenters. The molecule has 2 aliphatic heterocycles. The van der Waals surface area contributed by atoms with Gasteiger partial charge in [-0.05, 0) is 68.2 Å². The van der Waals surface area contributed by atoms with E-state index in [9.17, 15) is 19.2 Å². The first kappa shape index (κ1) is 38.4. The van der Waals surface area contributed by atoms with Gasteiger partial charge in [-0.3, -0.25) is 19.2 Å². The third-order valence-corrected chi connectivity index (χ3v) is 9.44. The van der Waals surface area contributed by atoms with Crippen molar-refractivity contribution in [2.45, 2.75) is 70.4 Å². The first-order valence-corrected chi connectivity index (χ1v) is 17.9. The van der Waals surface area contributed by atoms with Gasteiger partial charge in [0.15, 0.2) is 0 Å². The fourth-order valence-electron chi connectivity index (χ4n) is 6.66. The largest absolute Gasteiger partial charge is 0.491 e. The number of hydrogen-bond acceptors (Lipinski definition) is 7. The molecule has 4 rings (SSSR count). The number of benzene rings is 2. The summed E-state index contributed by atoms with van der Waals surface area (Å²) in [6.07, 6.45) is 8.26. The number of hydrogen-bond donors (Lipinski definition) is 1. The molecule has 2 saturated heterocycles. The Morgan fingerprint density at radius 2 is 1.34 bits per heavy atom. The number of ether oxygens (including phenoxy) is 2. The Balaban J connectivity index is 1.62. The molecule has 2 aliphatic rings. The van der Waals surface area contributed by atoms with E-state index < -0.39 is 23.8 Å². The van der Waals surface area contributed by atoms with Crippen LogP contribution in [0.15, 0.2) is 79.9 Å². The van der Waals surface area contributed by atoms with Crippen molar-refractivity contribution < 1.29 is 33.8 Å². The Hall–Kier alpha value is -4.44. The highest BCUT2D eigenvalue weighted by atomic mass is 16.5. The van der Waals surface area contributed by atoms with Gasteiger partial charge in [0.25, 0.3) is 0 Å². The van der Waals surface area contributed by atoms with E-state index >= 15 is 0 Å². The van der Waals surface area contributed by atoms with Gasteiger partial charge in [0.2, 0.25) is 17.7 Å². The molecule has 0 radical (unpaired) electrons. The highest BCUT2D eigenvalue weighted by Gasteiger charge is 2.34. The maximum Gasteiger partial charge on any atom is 0.309 e. The van der Waals surface area contributed by atoms with E-state index in [1.54, 1.807) is 34.1 Å². The quantitative estimate of drug-likeness (QED) is 0.155. The molecule has 0 saturated carbocycles. The van der Waals surface area contributed by atoms with Gasteiger partial charge < -0.3 is 29.3 Å². The SMILES string of the molecule is C=CC[C@@H](CC(=O)N1CCCC1)C(=O)OC[C@H](Cc1ccccc1)N(Cc1ccc(OCCO)cc1)C(=O)[C@H](CC=C)CC(=O)N1CCCC1. The maximum absolute atomic E-state index is 14.7. The van der Waals surface area contributed by atoms with Gasteiger partial charge in [-0.1, -0.05) is 54.6 Å². The van der Waals surface area contributed by atoms with E-state index in [-0.39, 0.29) is 56.9 Å². The summed E-state index contributed by atoms with van der Waals surface area (Å²) in [6.45, 7) is 10.6. The Bertz CT molecular complexity index is 1400. The van der Waals surface area contributed by atoms with E-state index in [2.05, 4.69) is 13.2 Å². The standard InChI is InChI=1S/C40H53N3O7/c1-3-12-33(27-37(45)41-20-8-9-21-41)39(47)43(29-32-16-18-36(19-17-32)49-25-24-44)35(26-31-14-6-5-7-15-31)30-50-40(48)34(13-4-2)28-38(46)42-22-10-11-23-42/h3-7,14-19,33-35,44H,1-2,8-13,20-30H2/t33-,34+,35+/m1/s1. The number of amides is 3. The molecule has 3 amide bonds. The van der Waals surface area contributed by atoms with Crippen LogP contribution in [0.4, 0.5) is 0 Å². The van der Waals surface area contributed by atoms with Crippen LogP contribution in [0.1, 0.15) is 62.5 Å². The first-order chi connectivity index (χ1) is 24.3. The second-order valence-electron chi connectivity index (χ2n) is 13.2. The normalized spacial score (nSPS) is 15.9. The van der Waals surface area contributed by atoms with Crippen molar-refractivity contribution in [2.75, 3.05) is 46.0 Å². The second kappa shape index (κ2) is 20.3. The van der Waals surface area contributed by atoms with E-state index in [1.165, 1.54) is 0 Å². The summed E-state index contributed by atoms with van der Waals surface area (Å²) in [5.74, 6) is -1.57. The van der Waals surface area contributed by atoms with Crippen LogP contribution in [0, 0.1) is 11.8 Å². The maximum atomic E-state index is 14.7. The van der Waals surface area contributed by atoms with Crippen molar-refractivity contribution in [2.24, 2.45) is 11.8 Å². The van der Waals surface area contributed by atoms with Crippen LogP contribution in [0.25, 0.3) is 0 Å². The number of nitrogens with zero attached hydrogens (tertiary/aromatic N) is 3. The Kier molecular flexibility index (Phi) is 15.6. The number of likely N-dealkylation sites (tertiary alicyclic amines) is 2. The molecule has 2 aromatic rings. The number of carbonyl (C=O) groups excluding carboxylic acids is 4. The Morgan fingerprint density at radius 3 is 1.90 bits per heavy atom. The van der Waals surface area contributed by atoms with Crippen LogP contribution >= 0.6 is 0 Å². The second-order valence-corrected chi connectivity index (χ2v) is 13.2. The molecule has 2 heterocycles. The molecule has 0 aromatic heterocycles. The molecule has 0 unspecified atom stereocenters. The zero-order chi connectivity index (χ0) is 35.7. The zero-order valence-electron chi connectivity index (χ0n) is 29.3.